The molecule has 2 rings (SSSR count). The van der Waals surface area contributed by atoms with Crippen LogP contribution in [-0.4, -0.2) is 28.7 Å². The number of halogens is 1. The third-order valence-electron chi connectivity index (χ3n) is 3.11. The predicted octanol–water partition coefficient (Wildman–Crippen LogP) is 3.78. The average Bonchev–Trinajstić information content (AvgIpc) is 2.77. The van der Waals surface area contributed by atoms with Crippen LogP contribution in [0.25, 0.3) is 11.0 Å². The lowest BCUT2D eigenvalue weighted by Crippen LogP contribution is -2.12. The summed E-state index contributed by atoms with van der Waals surface area (Å²) >= 11 is 7.90. The van der Waals surface area contributed by atoms with Crippen LogP contribution in [0, 0.1) is 5.92 Å². The van der Waals surface area contributed by atoms with Gasteiger partial charge in [-0.3, -0.25) is 0 Å². The van der Waals surface area contributed by atoms with E-state index in [2.05, 4.69) is 28.8 Å². The largest absolute Gasteiger partial charge is 0.494 e. The molecule has 1 atom stereocenters. The van der Waals surface area contributed by atoms with Crippen LogP contribution in [0.3, 0.4) is 0 Å². The number of aromatic nitrogens is 2. The van der Waals surface area contributed by atoms with Gasteiger partial charge in [0, 0.05) is 6.54 Å². The first kappa shape index (κ1) is 14.5. The summed E-state index contributed by atoms with van der Waals surface area (Å²) in [6.45, 7) is 3.19. The van der Waals surface area contributed by atoms with Crippen LogP contribution < -0.4 is 4.74 Å². The first-order valence-corrected chi connectivity index (χ1v) is 8.21. The Morgan fingerprint density at radius 3 is 2.89 bits per heavy atom. The number of ether oxygens (including phenoxy) is 1. The van der Waals surface area contributed by atoms with Crippen molar-refractivity contribution in [2.24, 2.45) is 5.92 Å². The molecule has 1 aromatic heterocycles. The molecule has 0 saturated carbocycles. The lowest BCUT2D eigenvalue weighted by Gasteiger charge is -2.13. The van der Waals surface area contributed by atoms with Gasteiger partial charge in [-0.2, -0.15) is 11.8 Å². The first-order valence-electron chi connectivity index (χ1n) is 6.28. The highest BCUT2D eigenvalue weighted by Gasteiger charge is 2.15. The van der Waals surface area contributed by atoms with E-state index in [1.807, 2.05) is 23.9 Å². The van der Waals surface area contributed by atoms with Gasteiger partial charge in [0.25, 0.3) is 0 Å². The van der Waals surface area contributed by atoms with Gasteiger partial charge >= 0.3 is 0 Å². The van der Waals surface area contributed by atoms with E-state index in [-0.39, 0.29) is 0 Å². The number of alkyl halides is 1. The molecule has 0 radical (unpaired) electrons. The monoisotopic (exact) mass is 298 g/mol. The van der Waals surface area contributed by atoms with E-state index < -0.39 is 0 Å². The van der Waals surface area contributed by atoms with Crippen molar-refractivity contribution in [1.29, 1.82) is 0 Å². The number of imidazole rings is 1. The van der Waals surface area contributed by atoms with Crippen LogP contribution in [0.2, 0.25) is 0 Å². The maximum atomic E-state index is 6.03. The van der Waals surface area contributed by atoms with Gasteiger partial charge < -0.3 is 9.30 Å². The Hall–Kier alpha value is -0.870. The zero-order chi connectivity index (χ0) is 13.8. The Bertz CT molecular complexity index is 556. The fourth-order valence-electron chi connectivity index (χ4n) is 2.29. The van der Waals surface area contributed by atoms with E-state index in [4.69, 9.17) is 16.3 Å². The molecule has 3 nitrogen and oxygen atoms in total. The van der Waals surface area contributed by atoms with Gasteiger partial charge in [-0.15, -0.1) is 11.6 Å². The summed E-state index contributed by atoms with van der Waals surface area (Å²) in [4.78, 5) is 4.61. The standard InChI is InChI=1S/C14H19ClN2OS/c1-10(9-19-3)8-17-11-5-4-6-12(18-2)14(11)16-13(17)7-15/h4-6,10H,7-9H2,1-3H3. The van der Waals surface area contributed by atoms with Gasteiger partial charge in [0.2, 0.25) is 0 Å². The van der Waals surface area contributed by atoms with Gasteiger partial charge in [-0.05, 0) is 30.1 Å². The molecule has 0 bridgehead atoms. The molecule has 104 valence electrons. The molecular weight excluding hydrogens is 280 g/mol. The van der Waals surface area contributed by atoms with Crippen LogP contribution >= 0.6 is 23.4 Å². The van der Waals surface area contributed by atoms with Crippen molar-refractivity contribution >= 4 is 34.4 Å². The second-order valence-corrected chi connectivity index (χ2v) is 5.84. The smallest absolute Gasteiger partial charge is 0.146 e. The van der Waals surface area contributed by atoms with Gasteiger partial charge in [0.1, 0.15) is 17.1 Å². The summed E-state index contributed by atoms with van der Waals surface area (Å²) in [6.07, 6.45) is 2.13. The van der Waals surface area contributed by atoms with E-state index in [1.165, 1.54) is 0 Å². The number of thioether (sulfide) groups is 1. The van der Waals surface area contributed by atoms with E-state index in [0.29, 0.717) is 11.8 Å². The molecule has 0 amide bonds. The van der Waals surface area contributed by atoms with E-state index in [9.17, 15) is 0 Å². The number of rotatable bonds is 6. The number of fused-ring (bicyclic) bond motifs is 1. The fourth-order valence-corrected chi connectivity index (χ4v) is 3.17. The van der Waals surface area contributed by atoms with Gasteiger partial charge in [0.15, 0.2) is 0 Å². The van der Waals surface area contributed by atoms with Crippen LogP contribution in [0.4, 0.5) is 0 Å². The Morgan fingerprint density at radius 1 is 1.47 bits per heavy atom. The lowest BCUT2D eigenvalue weighted by atomic mass is 10.2. The van der Waals surface area contributed by atoms with Crippen molar-refractivity contribution in [3.63, 3.8) is 0 Å². The SMILES string of the molecule is COc1cccc2c1nc(CCl)n2CC(C)CSC. The summed E-state index contributed by atoms with van der Waals surface area (Å²) < 4.78 is 7.58. The number of hydrogen-bond donors (Lipinski definition) is 0. The zero-order valence-corrected chi connectivity index (χ0v) is 13.1. The number of hydrogen-bond acceptors (Lipinski definition) is 3. The molecule has 5 heteroatoms. The topological polar surface area (TPSA) is 27.1 Å². The molecule has 0 saturated heterocycles. The van der Waals surface area contributed by atoms with Crippen LogP contribution in [0.15, 0.2) is 18.2 Å². The van der Waals surface area contributed by atoms with Crippen LogP contribution in [-0.2, 0) is 12.4 Å². The Labute approximate surface area is 123 Å². The molecule has 0 aliphatic rings. The Morgan fingerprint density at radius 2 is 2.26 bits per heavy atom. The predicted molar refractivity (Wildman–Crippen MR) is 83.4 cm³/mol. The summed E-state index contributed by atoms with van der Waals surface area (Å²) in [7, 11) is 1.67. The number of nitrogens with zero attached hydrogens (tertiary/aromatic N) is 2. The molecular formula is C14H19ClN2OS. The van der Waals surface area contributed by atoms with Crippen molar-refractivity contribution in [2.45, 2.75) is 19.3 Å². The van der Waals surface area contributed by atoms with Crippen LogP contribution in [0.1, 0.15) is 12.7 Å². The molecule has 0 N–H and O–H groups in total. The molecule has 0 aliphatic heterocycles. The highest BCUT2D eigenvalue weighted by molar-refractivity contribution is 7.98. The second-order valence-electron chi connectivity index (χ2n) is 4.66. The quantitative estimate of drug-likeness (QED) is 0.759. The first-order chi connectivity index (χ1) is 9.21. The third-order valence-corrected chi connectivity index (χ3v) is 4.25. The van der Waals surface area contributed by atoms with Crippen molar-refractivity contribution < 1.29 is 4.74 Å². The van der Waals surface area contributed by atoms with Crippen LogP contribution in [0.5, 0.6) is 5.75 Å². The van der Waals surface area contributed by atoms with E-state index in [1.54, 1.807) is 7.11 Å². The lowest BCUT2D eigenvalue weighted by molar-refractivity contribution is 0.419. The molecule has 1 aromatic carbocycles. The summed E-state index contributed by atoms with van der Waals surface area (Å²) in [5.74, 6) is 3.85. The maximum absolute atomic E-state index is 6.03. The van der Waals surface area contributed by atoms with Crippen molar-refractivity contribution in [3.8, 4) is 5.75 Å². The molecule has 1 heterocycles. The summed E-state index contributed by atoms with van der Waals surface area (Å²) in [5, 5.41) is 0. The Kier molecular flexibility index (Phi) is 4.99. The highest BCUT2D eigenvalue weighted by Crippen LogP contribution is 2.27. The van der Waals surface area contributed by atoms with Crippen molar-refractivity contribution in [1.82, 2.24) is 9.55 Å². The fraction of sp³-hybridized carbons (Fsp3) is 0.500. The maximum Gasteiger partial charge on any atom is 0.146 e. The minimum atomic E-state index is 0.420. The number of benzene rings is 1. The molecule has 0 spiro atoms. The van der Waals surface area contributed by atoms with Gasteiger partial charge in [-0.1, -0.05) is 13.0 Å². The molecule has 0 aliphatic carbocycles. The highest BCUT2D eigenvalue weighted by atomic mass is 35.5. The van der Waals surface area contributed by atoms with E-state index in [0.717, 1.165) is 34.9 Å². The van der Waals surface area contributed by atoms with Gasteiger partial charge in [-0.25, -0.2) is 4.98 Å². The van der Waals surface area contributed by atoms with Crippen molar-refractivity contribution in [2.75, 3.05) is 19.1 Å². The Balaban J connectivity index is 2.46. The number of para-hydroxylation sites is 1. The van der Waals surface area contributed by atoms with Crippen molar-refractivity contribution in [3.05, 3.63) is 24.0 Å². The minimum absolute atomic E-state index is 0.420. The molecule has 1 unspecified atom stereocenters. The molecule has 2 aromatic rings. The molecule has 0 fully saturated rings. The third kappa shape index (κ3) is 3.00. The average molecular weight is 299 g/mol. The zero-order valence-electron chi connectivity index (χ0n) is 11.5. The summed E-state index contributed by atoms with van der Waals surface area (Å²) in [5.41, 5.74) is 2.00. The van der Waals surface area contributed by atoms with E-state index >= 15 is 0 Å². The molecule has 19 heavy (non-hydrogen) atoms. The number of methoxy groups -OCH3 is 1. The summed E-state index contributed by atoms with van der Waals surface area (Å²) in [6, 6.07) is 6.01. The van der Waals surface area contributed by atoms with Gasteiger partial charge in [0.05, 0.1) is 18.5 Å². The minimum Gasteiger partial charge on any atom is -0.494 e. The second kappa shape index (κ2) is 6.53. The normalized spacial score (nSPS) is 12.8.